The van der Waals surface area contributed by atoms with Crippen LogP contribution < -0.4 is 0 Å². The number of hydrogen-bond donors (Lipinski definition) is 0. The Morgan fingerprint density at radius 2 is 0.487 bits per heavy atom. The number of aryl methyl sites for hydroxylation is 4. The van der Waals surface area contributed by atoms with Crippen LogP contribution in [-0.2, 0) is 10.8 Å². The van der Waals surface area contributed by atoms with Crippen molar-refractivity contribution in [1.82, 2.24) is 9.97 Å². The number of nitrogens with zero attached hydrogens (tertiary/aromatic N) is 2. The molecule has 0 saturated heterocycles. The second-order valence-corrected chi connectivity index (χ2v) is 23.6. The fraction of sp³-hybridized carbons (Fsp3) is 0.0833. The van der Waals surface area contributed by atoms with Crippen LogP contribution in [0.2, 0.25) is 0 Å². The Bertz CT molecular complexity index is 4070. The normalized spacial score (nSPS) is 14.0. The molecular weight excluding hydrogens is 957 g/mol. The van der Waals surface area contributed by atoms with Crippen LogP contribution in [0.15, 0.2) is 218 Å². The molecule has 4 aliphatic rings. The van der Waals surface area contributed by atoms with E-state index in [0.29, 0.717) is 0 Å². The highest BCUT2D eigenvalue weighted by Crippen LogP contribution is 2.66. The molecule has 0 unspecified atom stereocenters. The van der Waals surface area contributed by atoms with Gasteiger partial charge in [0, 0.05) is 0 Å². The molecule has 2 spiro atoms. The smallest absolute Gasteiger partial charge is 0.0903 e. The molecule has 76 heavy (non-hydrogen) atoms. The van der Waals surface area contributed by atoms with Gasteiger partial charge < -0.3 is 0 Å². The van der Waals surface area contributed by atoms with Crippen LogP contribution in [0, 0.1) is 27.7 Å². The fourth-order valence-electron chi connectivity index (χ4n) is 14.2. The molecule has 0 bridgehead atoms. The molecule has 16 rings (SSSR count). The first-order valence-electron chi connectivity index (χ1n) is 26.4. The first kappa shape index (κ1) is 43.8. The summed E-state index contributed by atoms with van der Waals surface area (Å²) in [7, 11) is 0. The van der Waals surface area contributed by atoms with Crippen molar-refractivity contribution >= 4 is 22.7 Å². The van der Waals surface area contributed by atoms with E-state index in [4.69, 9.17) is 9.97 Å². The Hall–Kier alpha value is -8.54. The van der Waals surface area contributed by atoms with Gasteiger partial charge in [-0.2, -0.15) is 0 Å². The van der Waals surface area contributed by atoms with Gasteiger partial charge in [0.2, 0.25) is 0 Å². The van der Waals surface area contributed by atoms with E-state index in [-0.39, 0.29) is 0 Å². The van der Waals surface area contributed by atoms with Crippen molar-refractivity contribution in [3.05, 3.63) is 284 Å². The molecule has 2 heterocycles. The maximum Gasteiger partial charge on any atom is 0.0903 e. The largest absolute Gasteiger partial charge is 0.246 e. The summed E-state index contributed by atoms with van der Waals surface area (Å²) in [6.07, 6.45) is 0. The first-order valence-corrected chi connectivity index (χ1v) is 28.0. The van der Waals surface area contributed by atoms with Crippen molar-refractivity contribution in [1.29, 1.82) is 0 Å². The number of thiazole rings is 2. The van der Waals surface area contributed by atoms with E-state index in [1.807, 2.05) is 0 Å². The molecule has 358 valence electrons. The summed E-state index contributed by atoms with van der Waals surface area (Å²) in [6.45, 7) is 8.41. The number of rotatable bonds is 5. The highest BCUT2D eigenvalue weighted by atomic mass is 32.1. The topological polar surface area (TPSA) is 25.8 Å². The predicted molar refractivity (Wildman–Crippen MR) is 317 cm³/mol. The zero-order valence-electron chi connectivity index (χ0n) is 42.5. The molecule has 10 aromatic carbocycles. The summed E-state index contributed by atoms with van der Waals surface area (Å²) in [6, 6.07) is 84.0. The number of aromatic nitrogens is 2. The summed E-state index contributed by atoms with van der Waals surface area (Å²) < 4.78 is 0. The maximum atomic E-state index is 4.73. The van der Waals surface area contributed by atoms with Gasteiger partial charge in [-0.15, -0.1) is 22.7 Å². The second kappa shape index (κ2) is 16.0. The first-order chi connectivity index (χ1) is 37.3. The third-order valence-electron chi connectivity index (χ3n) is 17.3. The Morgan fingerprint density at radius 3 is 0.763 bits per heavy atom. The summed E-state index contributed by atoms with van der Waals surface area (Å²) in [4.78, 5) is 11.9. The molecule has 4 heteroatoms. The average Bonchev–Trinajstić information content (AvgIpc) is 4.42. The van der Waals surface area contributed by atoms with Crippen LogP contribution in [-0.4, -0.2) is 9.97 Å². The molecule has 0 amide bonds. The second-order valence-electron chi connectivity index (χ2n) is 21.2. The van der Waals surface area contributed by atoms with Crippen molar-refractivity contribution in [2.45, 2.75) is 38.5 Å². The van der Waals surface area contributed by atoms with Crippen molar-refractivity contribution in [3.8, 4) is 98.8 Å². The molecule has 12 aromatic rings. The van der Waals surface area contributed by atoms with Crippen LogP contribution in [0.1, 0.15) is 65.9 Å². The van der Waals surface area contributed by atoms with Gasteiger partial charge in [0.05, 0.1) is 42.0 Å². The van der Waals surface area contributed by atoms with E-state index in [0.717, 1.165) is 21.4 Å². The van der Waals surface area contributed by atoms with Crippen LogP contribution in [0.25, 0.3) is 98.8 Å². The molecule has 0 saturated carbocycles. The number of hydrogen-bond acceptors (Lipinski definition) is 4. The maximum absolute atomic E-state index is 4.73. The minimum Gasteiger partial charge on any atom is -0.246 e. The monoisotopic (exact) mass is 1000 g/mol. The number of fused-ring (bicyclic) bond motifs is 20. The Labute approximate surface area is 451 Å². The van der Waals surface area contributed by atoms with Gasteiger partial charge in [-0.3, -0.25) is 0 Å². The fourth-order valence-corrected chi connectivity index (χ4v) is 16.1. The molecule has 0 aliphatic heterocycles. The van der Waals surface area contributed by atoms with Gasteiger partial charge in [0.1, 0.15) is 0 Å². The molecule has 0 fully saturated rings. The highest BCUT2D eigenvalue weighted by molar-refractivity contribution is 7.15. The van der Waals surface area contributed by atoms with E-state index >= 15 is 0 Å². The third-order valence-corrected chi connectivity index (χ3v) is 19.5. The molecule has 0 atom stereocenters. The lowest BCUT2D eigenvalue weighted by Crippen LogP contribution is -2.26. The summed E-state index contributed by atoms with van der Waals surface area (Å²) in [5.41, 5.74) is 32.1. The van der Waals surface area contributed by atoms with E-state index in [1.165, 1.54) is 143 Å². The lowest BCUT2D eigenvalue weighted by molar-refractivity contribution is 0.793. The van der Waals surface area contributed by atoms with Crippen molar-refractivity contribution in [2.75, 3.05) is 0 Å². The summed E-state index contributed by atoms with van der Waals surface area (Å²) in [5, 5.41) is 2.20. The van der Waals surface area contributed by atoms with E-state index in [2.05, 4.69) is 246 Å². The Morgan fingerprint density at radius 1 is 0.250 bits per heavy atom. The molecule has 2 nitrogen and oxygen atoms in total. The molecule has 4 aliphatic carbocycles. The summed E-state index contributed by atoms with van der Waals surface area (Å²) in [5.74, 6) is 0. The van der Waals surface area contributed by atoms with Gasteiger partial charge in [-0.1, -0.05) is 194 Å². The minimum absolute atomic E-state index is 0.508. The zero-order valence-corrected chi connectivity index (χ0v) is 44.1. The lowest BCUT2D eigenvalue weighted by atomic mass is 9.69. The lowest BCUT2D eigenvalue weighted by Gasteiger charge is -2.31. The van der Waals surface area contributed by atoms with Crippen molar-refractivity contribution < 1.29 is 0 Å². The molecule has 2 aromatic heterocycles. The Kier molecular flexibility index (Phi) is 9.22. The summed E-state index contributed by atoms with van der Waals surface area (Å²) >= 11 is 3.54. The molecular formula is C72H48N2S2. The van der Waals surface area contributed by atoms with Gasteiger partial charge in [0.25, 0.3) is 0 Å². The van der Waals surface area contributed by atoms with Gasteiger partial charge >= 0.3 is 0 Å². The predicted octanol–water partition coefficient (Wildman–Crippen LogP) is 18.9. The van der Waals surface area contributed by atoms with E-state index < -0.39 is 10.8 Å². The highest BCUT2D eigenvalue weighted by Gasteiger charge is 2.53. The van der Waals surface area contributed by atoms with Gasteiger partial charge in [-0.05, 0) is 185 Å². The quantitative estimate of drug-likeness (QED) is 0.172. The minimum atomic E-state index is -0.508. The van der Waals surface area contributed by atoms with Crippen molar-refractivity contribution in [2.24, 2.45) is 0 Å². The van der Waals surface area contributed by atoms with E-state index in [1.54, 1.807) is 22.7 Å². The van der Waals surface area contributed by atoms with Crippen LogP contribution in [0.3, 0.4) is 0 Å². The van der Waals surface area contributed by atoms with Crippen LogP contribution in [0.4, 0.5) is 0 Å². The molecule has 0 radical (unpaired) electrons. The van der Waals surface area contributed by atoms with E-state index in [9.17, 15) is 0 Å². The van der Waals surface area contributed by atoms with Crippen LogP contribution in [0.5, 0.6) is 0 Å². The van der Waals surface area contributed by atoms with Crippen molar-refractivity contribution in [3.63, 3.8) is 0 Å². The zero-order chi connectivity index (χ0) is 50.6. The molecule has 0 N–H and O–H groups in total. The Balaban J connectivity index is 0.870. The average molecular weight is 1010 g/mol. The van der Waals surface area contributed by atoms with Crippen LogP contribution >= 0.6 is 22.7 Å². The standard InChI is InChI=1S/C72H48N2S2/c1-41-69(75-43(3)73-41)47-25-21-45(22-26-47)49-29-33-57-59-35-31-51(39-67(59)71(65(57)37-49)61-17-9-5-13-53(61)54-14-6-10-18-62(54)71)52-32-36-60-58-34-30-50(46-23-27-48(28-24-46)70-42(2)74-44(4)76-70)38-66(58)72(68(60)40-52)63-19-11-7-15-55(63)56-16-8-12-20-64(56)72/h5-40H,1-4H3. The van der Waals surface area contributed by atoms with Gasteiger partial charge in [0.15, 0.2) is 0 Å². The number of benzene rings is 10. The van der Waals surface area contributed by atoms with Gasteiger partial charge in [-0.25, -0.2) is 9.97 Å². The SMILES string of the molecule is Cc1nc(C)c(-c2ccc(-c3ccc4c(c3)C3(c5ccccc5-c5ccccc53)c3cc(-c5ccc6c(c5)C5(c7ccccc7-c7ccccc75)c5cc(-c7ccc(-c8sc(C)nc8C)cc7)ccc5-6)ccc3-4)cc2)s1. The third kappa shape index (κ3) is 5.86.